The van der Waals surface area contributed by atoms with E-state index < -0.39 is 0 Å². The smallest absolute Gasteiger partial charge is 0.331 e. The standard InChI is InChI=1S/C13H12O4/c1-16-12-4-7-2-3-11-9(6-13(15)17-11)8(7)5-10(12)14/h4-6,11,14H,2-3H2,1H3/t11-/m1/s1. The molecule has 88 valence electrons. The van der Waals surface area contributed by atoms with Crippen molar-refractivity contribution >= 4 is 11.5 Å². The average Bonchev–Trinajstić information content (AvgIpc) is 2.69. The number of fused-ring (bicyclic) bond motifs is 3. The number of hydrogen-bond acceptors (Lipinski definition) is 4. The van der Waals surface area contributed by atoms with Crippen LogP contribution >= 0.6 is 0 Å². The van der Waals surface area contributed by atoms with E-state index in [1.165, 1.54) is 13.2 Å². The van der Waals surface area contributed by atoms with Crippen LogP contribution in [0.4, 0.5) is 0 Å². The van der Waals surface area contributed by atoms with E-state index in [1.807, 2.05) is 6.07 Å². The topological polar surface area (TPSA) is 55.8 Å². The van der Waals surface area contributed by atoms with Gasteiger partial charge in [0, 0.05) is 11.6 Å². The van der Waals surface area contributed by atoms with Crippen LogP contribution in [-0.4, -0.2) is 24.3 Å². The van der Waals surface area contributed by atoms with Crippen molar-refractivity contribution in [2.45, 2.75) is 18.9 Å². The molecule has 0 fully saturated rings. The van der Waals surface area contributed by atoms with Crippen molar-refractivity contribution in [3.63, 3.8) is 0 Å². The van der Waals surface area contributed by atoms with E-state index in [0.29, 0.717) is 5.75 Å². The number of esters is 1. The number of carbonyl (C=O) groups is 1. The molecule has 0 radical (unpaired) electrons. The number of phenols is 1. The summed E-state index contributed by atoms with van der Waals surface area (Å²) in [4.78, 5) is 11.2. The molecule has 1 heterocycles. The fourth-order valence-corrected chi connectivity index (χ4v) is 2.46. The third-order valence-electron chi connectivity index (χ3n) is 3.27. The van der Waals surface area contributed by atoms with Crippen LogP contribution in [0.5, 0.6) is 11.5 Å². The summed E-state index contributed by atoms with van der Waals surface area (Å²) in [6.07, 6.45) is 2.97. The first-order valence-electron chi connectivity index (χ1n) is 5.51. The Balaban J connectivity index is 2.14. The summed E-state index contributed by atoms with van der Waals surface area (Å²) in [6, 6.07) is 3.47. The quantitative estimate of drug-likeness (QED) is 0.748. The van der Waals surface area contributed by atoms with Gasteiger partial charge >= 0.3 is 5.97 Å². The van der Waals surface area contributed by atoms with Gasteiger partial charge in [0.05, 0.1) is 7.11 Å². The van der Waals surface area contributed by atoms with Crippen LogP contribution in [0.3, 0.4) is 0 Å². The Kier molecular flexibility index (Phi) is 2.11. The third kappa shape index (κ3) is 1.48. The normalized spacial score (nSPS) is 21.4. The lowest BCUT2D eigenvalue weighted by molar-refractivity contribution is -0.138. The van der Waals surface area contributed by atoms with Crippen molar-refractivity contribution in [1.82, 2.24) is 0 Å². The Morgan fingerprint density at radius 2 is 2.29 bits per heavy atom. The van der Waals surface area contributed by atoms with Gasteiger partial charge in [0.25, 0.3) is 0 Å². The molecule has 1 aliphatic heterocycles. The lowest BCUT2D eigenvalue weighted by Crippen LogP contribution is -2.18. The molecule has 1 aromatic rings. The Bertz CT molecular complexity index is 530. The summed E-state index contributed by atoms with van der Waals surface area (Å²) in [5.74, 6) is 0.258. The second-order valence-corrected chi connectivity index (χ2v) is 4.25. The molecule has 4 nitrogen and oxygen atoms in total. The van der Waals surface area contributed by atoms with Crippen LogP contribution in [0, 0.1) is 0 Å². The summed E-state index contributed by atoms with van der Waals surface area (Å²) in [7, 11) is 1.52. The first-order chi connectivity index (χ1) is 8.19. The van der Waals surface area contributed by atoms with E-state index in [0.717, 1.165) is 29.5 Å². The molecule has 0 saturated heterocycles. The maximum Gasteiger partial charge on any atom is 0.331 e. The SMILES string of the molecule is COc1cc2c(cc1O)C1=CC(=O)O[C@@H]1CC2. The van der Waals surface area contributed by atoms with Gasteiger partial charge in [0.1, 0.15) is 6.10 Å². The molecule has 0 saturated carbocycles. The molecule has 0 unspecified atom stereocenters. The average molecular weight is 232 g/mol. The summed E-state index contributed by atoms with van der Waals surface area (Å²) < 4.78 is 10.2. The highest BCUT2D eigenvalue weighted by atomic mass is 16.5. The second kappa shape index (κ2) is 3.52. The molecule has 17 heavy (non-hydrogen) atoms. The van der Waals surface area contributed by atoms with Crippen LogP contribution in [-0.2, 0) is 16.0 Å². The first-order valence-corrected chi connectivity index (χ1v) is 5.51. The zero-order valence-corrected chi connectivity index (χ0v) is 9.40. The molecule has 4 heteroatoms. The molecule has 1 atom stereocenters. The maximum absolute atomic E-state index is 11.2. The Hall–Kier alpha value is -1.97. The number of hydrogen-bond donors (Lipinski definition) is 1. The van der Waals surface area contributed by atoms with E-state index in [-0.39, 0.29) is 17.8 Å². The van der Waals surface area contributed by atoms with Gasteiger partial charge in [-0.1, -0.05) is 0 Å². The van der Waals surface area contributed by atoms with Gasteiger partial charge in [-0.3, -0.25) is 0 Å². The van der Waals surface area contributed by atoms with E-state index in [2.05, 4.69) is 0 Å². The predicted octanol–water partition coefficient (Wildman–Crippen LogP) is 1.66. The molecule has 2 aliphatic rings. The highest BCUT2D eigenvalue weighted by molar-refractivity contribution is 5.98. The Labute approximate surface area is 98.5 Å². The minimum atomic E-state index is -0.298. The first kappa shape index (κ1) is 10.2. The number of carbonyl (C=O) groups excluding carboxylic acids is 1. The number of rotatable bonds is 1. The molecule has 0 bridgehead atoms. The molecular formula is C13H12O4. The molecule has 1 aliphatic carbocycles. The van der Waals surface area contributed by atoms with Crippen molar-refractivity contribution < 1.29 is 19.4 Å². The van der Waals surface area contributed by atoms with Gasteiger partial charge in [0.2, 0.25) is 0 Å². The summed E-state index contributed by atoms with van der Waals surface area (Å²) in [6.45, 7) is 0. The highest BCUT2D eigenvalue weighted by Crippen LogP contribution is 2.41. The summed E-state index contributed by atoms with van der Waals surface area (Å²) in [5, 5.41) is 9.77. The molecule has 0 spiro atoms. The van der Waals surface area contributed by atoms with Gasteiger partial charge in [-0.25, -0.2) is 4.79 Å². The van der Waals surface area contributed by atoms with Crippen LogP contribution in [0.1, 0.15) is 17.5 Å². The fourth-order valence-electron chi connectivity index (χ4n) is 2.46. The lowest BCUT2D eigenvalue weighted by Gasteiger charge is -2.23. The van der Waals surface area contributed by atoms with Crippen LogP contribution in [0.2, 0.25) is 0 Å². The van der Waals surface area contributed by atoms with Gasteiger partial charge < -0.3 is 14.6 Å². The van der Waals surface area contributed by atoms with Gasteiger partial charge in [-0.15, -0.1) is 0 Å². The number of ether oxygens (including phenoxy) is 2. The minimum Gasteiger partial charge on any atom is -0.504 e. The van der Waals surface area contributed by atoms with E-state index >= 15 is 0 Å². The zero-order valence-electron chi connectivity index (χ0n) is 9.40. The summed E-state index contributed by atoms with van der Waals surface area (Å²) >= 11 is 0. The van der Waals surface area contributed by atoms with Crippen LogP contribution in [0.15, 0.2) is 18.2 Å². The second-order valence-electron chi connectivity index (χ2n) is 4.25. The van der Waals surface area contributed by atoms with Gasteiger partial charge in [-0.05, 0) is 36.1 Å². The molecule has 0 aromatic heterocycles. The monoisotopic (exact) mass is 232 g/mol. The van der Waals surface area contributed by atoms with Crippen LogP contribution < -0.4 is 4.74 Å². The highest BCUT2D eigenvalue weighted by Gasteiger charge is 2.32. The number of methoxy groups -OCH3 is 1. The van der Waals surface area contributed by atoms with E-state index in [9.17, 15) is 9.90 Å². The molecule has 1 aromatic carbocycles. The third-order valence-corrected chi connectivity index (χ3v) is 3.27. The maximum atomic E-state index is 11.2. The van der Waals surface area contributed by atoms with Crippen molar-refractivity contribution in [2.75, 3.05) is 7.11 Å². The van der Waals surface area contributed by atoms with Gasteiger partial charge in [-0.2, -0.15) is 0 Å². The largest absolute Gasteiger partial charge is 0.504 e. The molecule has 1 N–H and O–H groups in total. The van der Waals surface area contributed by atoms with Crippen molar-refractivity contribution in [3.8, 4) is 11.5 Å². The van der Waals surface area contributed by atoms with E-state index in [4.69, 9.17) is 9.47 Å². The van der Waals surface area contributed by atoms with Crippen molar-refractivity contribution in [3.05, 3.63) is 29.3 Å². The minimum absolute atomic E-state index is 0.0900. The molecule has 0 amide bonds. The fraction of sp³-hybridized carbons (Fsp3) is 0.308. The predicted molar refractivity (Wildman–Crippen MR) is 60.8 cm³/mol. The molecule has 3 rings (SSSR count). The van der Waals surface area contributed by atoms with Crippen LogP contribution in [0.25, 0.3) is 5.57 Å². The van der Waals surface area contributed by atoms with Crippen molar-refractivity contribution in [2.24, 2.45) is 0 Å². The van der Waals surface area contributed by atoms with E-state index in [1.54, 1.807) is 6.07 Å². The Morgan fingerprint density at radius 1 is 1.47 bits per heavy atom. The zero-order chi connectivity index (χ0) is 12.0. The van der Waals surface area contributed by atoms with Gasteiger partial charge in [0.15, 0.2) is 11.5 Å². The number of benzene rings is 1. The lowest BCUT2D eigenvalue weighted by atomic mass is 9.85. The number of aromatic hydroxyl groups is 1. The van der Waals surface area contributed by atoms with Crippen molar-refractivity contribution in [1.29, 1.82) is 0 Å². The molecular weight excluding hydrogens is 220 g/mol. The Morgan fingerprint density at radius 3 is 3.06 bits per heavy atom. The number of aryl methyl sites for hydroxylation is 1. The summed E-state index contributed by atoms with van der Waals surface area (Å²) in [5.41, 5.74) is 2.85. The number of phenolic OH excluding ortho intramolecular Hbond substituents is 1.